The molecule has 1 aromatic carbocycles. The van der Waals surface area contributed by atoms with E-state index >= 15 is 0 Å². The van der Waals surface area contributed by atoms with Crippen LogP contribution in [0.4, 0.5) is 5.69 Å². The van der Waals surface area contributed by atoms with Crippen LogP contribution in [0.15, 0.2) is 30.3 Å². The first-order valence-electron chi connectivity index (χ1n) is 6.24. The van der Waals surface area contributed by atoms with Crippen molar-refractivity contribution in [3.8, 4) is 0 Å². The molecular weight excluding hydrogens is 254 g/mol. The van der Waals surface area contributed by atoms with Crippen LogP contribution >= 0.6 is 0 Å². The Kier molecular flexibility index (Phi) is 3.89. The average Bonchev–Trinajstić information content (AvgIpc) is 2.41. The molecule has 0 aliphatic carbocycles. The molecule has 0 atom stereocenters. The second kappa shape index (κ2) is 5.61. The number of nitro groups is 1. The molecule has 102 valence electrons. The predicted molar refractivity (Wildman–Crippen MR) is 76.9 cm³/mol. The van der Waals surface area contributed by atoms with E-state index in [4.69, 9.17) is 0 Å². The molecule has 0 aliphatic heterocycles. The molecule has 5 nitrogen and oxygen atoms in total. The van der Waals surface area contributed by atoms with Gasteiger partial charge in [-0.15, -0.1) is 0 Å². The Morgan fingerprint density at radius 3 is 2.70 bits per heavy atom. The van der Waals surface area contributed by atoms with E-state index in [0.717, 1.165) is 22.8 Å². The third-order valence-corrected chi connectivity index (χ3v) is 3.09. The van der Waals surface area contributed by atoms with Gasteiger partial charge in [0.25, 0.3) is 5.69 Å². The SMILES string of the molecule is Cc1cc(C)[n+](C)c(/C=C/c2cccc([N+](=O)[O-])c2)n1. The Morgan fingerprint density at radius 1 is 1.25 bits per heavy atom. The molecule has 0 amide bonds. The summed E-state index contributed by atoms with van der Waals surface area (Å²) in [5.41, 5.74) is 2.92. The van der Waals surface area contributed by atoms with Gasteiger partial charge in [0.2, 0.25) is 0 Å². The number of benzene rings is 1. The van der Waals surface area contributed by atoms with Crippen LogP contribution in [0.1, 0.15) is 22.8 Å². The largest absolute Gasteiger partial charge is 0.323 e. The van der Waals surface area contributed by atoms with Crippen LogP contribution in [-0.2, 0) is 7.05 Å². The number of aromatic nitrogens is 2. The maximum Gasteiger partial charge on any atom is 0.323 e. The topological polar surface area (TPSA) is 59.9 Å². The lowest BCUT2D eigenvalue weighted by Crippen LogP contribution is -2.36. The van der Waals surface area contributed by atoms with Crippen molar-refractivity contribution < 1.29 is 9.49 Å². The van der Waals surface area contributed by atoms with Crippen molar-refractivity contribution >= 4 is 17.8 Å². The van der Waals surface area contributed by atoms with Gasteiger partial charge in [-0.25, -0.2) is 4.57 Å². The molecule has 0 unspecified atom stereocenters. The molecule has 20 heavy (non-hydrogen) atoms. The number of non-ortho nitro benzene ring substituents is 1. The van der Waals surface area contributed by atoms with Crippen LogP contribution in [0.2, 0.25) is 0 Å². The van der Waals surface area contributed by atoms with Crippen LogP contribution < -0.4 is 4.57 Å². The van der Waals surface area contributed by atoms with Gasteiger partial charge in [-0.05, 0) is 23.5 Å². The Bertz CT molecular complexity index is 694. The highest BCUT2D eigenvalue weighted by atomic mass is 16.6. The molecule has 0 saturated heterocycles. The number of aryl methyl sites for hydroxylation is 2. The summed E-state index contributed by atoms with van der Waals surface area (Å²) in [5, 5.41) is 10.7. The first kappa shape index (κ1) is 13.9. The maximum absolute atomic E-state index is 10.7. The van der Waals surface area contributed by atoms with E-state index in [-0.39, 0.29) is 5.69 Å². The van der Waals surface area contributed by atoms with Gasteiger partial charge >= 0.3 is 5.82 Å². The lowest BCUT2D eigenvalue weighted by molar-refractivity contribution is -0.682. The minimum atomic E-state index is -0.396. The molecule has 0 fully saturated rings. The lowest BCUT2D eigenvalue weighted by Gasteiger charge is -1.99. The first-order valence-corrected chi connectivity index (χ1v) is 6.24. The predicted octanol–water partition coefficient (Wildman–Crippen LogP) is 2.60. The van der Waals surface area contributed by atoms with Crippen LogP contribution in [0, 0.1) is 24.0 Å². The molecule has 1 aromatic heterocycles. The van der Waals surface area contributed by atoms with E-state index < -0.39 is 4.92 Å². The van der Waals surface area contributed by atoms with Crippen molar-refractivity contribution in [3.63, 3.8) is 0 Å². The molecule has 2 rings (SSSR count). The summed E-state index contributed by atoms with van der Waals surface area (Å²) in [5.74, 6) is 0.814. The summed E-state index contributed by atoms with van der Waals surface area (Å²) in [4.78, 5) is 14.8. The molecule has 1 heterocycles. The highest BCUT2D eigenvalue weighted by Crippen LogP contribution is 2.14. The van der Waals surface area contributed by atoms with Gasteiger partial charge in [-0.3, -0.25) is 10.1 Å². The summed E-state index contributed by atoms with van der Waals surface area (Å²) in [6.45, 7) is 3.96. The maximum atomic E-state index is 10.7. The lowest BCUT2D eigenvalue weighted by atomic mass is 10.2. The fourth-order valence-electron chi connectivity index (χ4n) is 1.93. The highest BCUT2D eigenvalue weighted by Gasteiger charge is 2.10. The normalized spacial score (nSPS) is 10.9. The second-order valence-electron chi connectivity index (χ2n) is 4.64. The zero-order valence-corrected chi connectivity index (χ0v) is 11.7. The van der Waals surface area contributed by atoms with Gasteiger partial charge < -0.3 is 0 Å². The number of rotatable bonds is 3. The first-order chi connectivity index (χ1) is 9.47. The standard InChI is InChI=1S/C15H16N3O2/c1-11-9-12(2)17(3)15(16-11)8-7-13-5-4-6-14(10-13)18(19)20/h4-10H,1-3H3/q+1/b8-7+. The van der Waals surface area contributed by atoms with E-state index in [1.54, 1.807) is 12.1 Å². The summed E-state index contributed by atoms with van der Waals surface area (Å²) < 4.78 is 1.97. The van der Waals surface area contributed by atoms with Gasteiger partial charge in [0.05, 0.1) is 12.0 Å². The zero-order valence-electron chi connectivity index (χ0n) is 11.7. The molecule has 2 aromatic rings. The van der Waals surface area contributed by atoms with Crippen molar-refractivity contribution in [1.29, 1.82) is 0 Å². The fraction of sp³-hybridized carbons (Fsp3) is 0.200. The number of hydrogen-bond donors (Lipinski definition) is 0. The van der Waals surface area contributed by atoms with Crippen molar-refractivity contribution in [1.82, 2.24) is 4.98 Å². The highest BCUT2D eigenvalue weighted by molar-refractivity contribution is 5.67. The minimum absolute atomic E-state index is 0.0879. The number of hydrogen-bond acceptors (Lipinski definition) is 3. The van der Waals surface area contributed by atoms with Crippen LogP contribution in [0.3, 0.4) is 0 Å². The van der Waals surface area contributed by atoms with Gasteiger partial charge in [0.1, 0.15) is 5.69 Å². The average molecular weight is 270 g/mol. The molecule has 0 aliphatic rings. The monoisotopic (exact) mass is 270 g/mol. The van der Waals surface area contributed by atoms with Gasteiger partial charge in [0.15, 0.2) is 5.69 Å². The zero-order chi connectivity index (χ0) is 14.7. The van der Waals surface area contributed by atoms with E-state index in [2.05, 4.69) is 4.98 Å². The molecule has 0 bridgehead atoms. The van der Waals surface area contributed by atoms with E-state index in [9.17, 15) is 10.1 Å². The fourth-order valence-corrected chi connectivity index (χ4v) is 1.93. The summed E-state index contributed by atoms with van der Waals surface area (Å²) in [7, 11) is 1.94. The number of nitrogens with zero attached hydrogens (tertiary/aromatic N) is 3. The third-order valence-electron chi connectivity index (χ3n) is 3.09. The second-order valence-corrected chi connectivity index (χ2v) is 4.64. The Balaban J connectivity index is 2.34. The molecule has 0 N–H and O–H groups in total. The van der Waals surface area contributed by atoms with E-state index in [0.29, 0.717) is 0 Å². The van der Waals surface area contributed by atoms with Crippen LogP contribution in [-0.4, -0.2) is 9.91 Å². The minimum Gasteiger partial charge on any atom is -0.258 e. The smallest absolute Gasteiger partial charge is 0.258 e. The molecule has 0 spiro atoms. The quantitative estimate of drug-likeness (QED) is 0.489. The van der Waals surface area contributed by atoms with Crippen molar-refractivity contribution in [2.24, 2.45) is 7.05 Å². The summed E-state index contributed by atoms with van der Waals surface area (Å²) in [6.07, 6.45) is 3.69. The van der Waals surface area contributed by atoms with E-state index in [1.807, 2.05) is 49.7 Å². The van der Waals surface area contributed by atoms with Crippen LogP contribution in [0.5, 0.6) is 0 Å². The Labute approximate surface area is 117 Å². The molecule has 5 heteroatoms. The van der Waals surface area contributed by atoms with Crippen molar-refractivity contribution in [2.45, 2.75) is 13.8 Å². The Morgan fingerprint density at radius 2 is 2.00 bits per heavy atom. The molecule has 0 saturated carbocycles. The van der Waals surface area contributed by atoms with Gasteiger partial charge in [-0.1, -0.05) is 12.1 Å². The third kappa shape index (κ3) is 3.06. The van der Waals surface area contributed by atoms with Gasteiger partial charge in [-0.2, -0.15) is 0 Å². The Hall–Kier alpha value is -2.56. The van der Waals surface area contributed by atoms with Crippen molar-refractivity contribution in [3.05, 3.63) is 63.2 Å². The van der Waals surface area contributed by atoms with Crippen LogP contribution in [0.25, 0.3) is 12.2 Å². The van der Waals surface area contributed by atoms with Gasteiger partial charge in [0, 0.05) is 31.2 Å². The van der Waals surface area contributed by atoms with E-state index in [1.165, 1.54) is 6.07 Å². The molecular formula is C15H16N3O2+. The van der Waals surface area contributed by atoms with Crippen molar-refractivity contribution in [2.75, 3.05) is 0 Å². The summed E-state index contributed by atoms with van der Waals surface area (Å²) in [6, 6.07) is 8.52. The number of nitro benzene ring substituents is 1. The molecule has 0 radical (unpaired) electrons. The summed E-state index contributed by atoms with van der Waals surface area (Å²) >= 11 is 0.